The summed E-state index contributed by atoms with van der Waals surface area (Å²) in [4.78, 5) is 11.9. The highest BCUT2D eigenvalue weighted by atomic mass is 19.4. The number of ketones is 1. The fourth-order valence-corrected chi connectivity index (χ4v) is 2.36. The average molecular weight is 296 g/mol. The third-order valence-corrected chi connectivity index (χ3v) is 4.34. The average Bonchev–Trinajstić information content (AvgIpc) is 3.15. The lowest BCUT2D eigenvalue weighted by Gasteiger charge is -2.32. The normalized spacial score (nSPS) is 19.0. The first-order valence-corrected chi connectivity index (χ1v) is 6.73. The lowest BCUT2D eigenvalue weighted by atomic mass is 9.76. The summed E-state index contributed by atoms with van der Waals surface area (Å²) in [7, 11) is 0. The number of aliphatic hydroxyl groups is 1. The van der Waals surface area contributed by atoms with Crippen LogP contribution in [0.2, 0.25) is 0 Å². The predicted molar refractivity (Wildman–Crippen MR) is 67.0 cm³/mol. The van der Waals surface area contributed by atoms with Crippen LogP contribution in [0.5, 0.6) is 0 Å². The first kappa shape index (κ1) is 17.0. The molecule has 2 nitrogen and oxygen atoms in total. The number of allylic oxidation sites excluding steroid dienone is 2. The zero-order valence-electron chi connectivity index (χ0n) is 11.7. The monoisotopic (exact) mass is 296 g/mol. The van der Waals surface area contributed by atoms with Crippen molar-refractivity contribution < 1.29 is 27.5 Å². The van der Waals surface area contributed by atoms with Crippen LogP contribution in [0.3, 0.4) is 0 Å². The molecule has 0 aromatic rings. The molecule has 1 N–H and O–H groups in total. The van der Waals surface area contributed by atoms with E-state index in [1.165, 1.54) is 13.8 Å². The van der Waals surface area contributed by atoms with Gasteiger partial charge in [0.15, 0.2) is 5.78 Å². The van der Waals surface area contributed by atoms with Gasteiger partial charge in [-0.3, -0.25) is 4.79 Å². The van der Waals surface area contributed by atoms with Crippen LogP contribution in [0.1, 0.15) is 46.0 Å². The summed E-state index contributed by atoms with van der Waals surface area (Å²) in [5.74, 6) is -1.18. The maximum absolute atomic E-state index is 12.8. The van der Waals surface area contributed by atoms with Crippen LogP contribution in [0.15, 0.2) is 11.8 Å². The highest BCUT2D eigenvalue weighted by Gasteiger charge is 2.50. The molecule has 0 aromatic heterocycles. The first-order valence-electron chi connectivity index (χ1n) is 6.73. The molecule has 0 saturated heterocycles. The van der Waals surface area contributed by atoms with Crippen molar-refractivity contribution in [3.63, 3.8) is 0 Å². The van der Waals surface area contributed by atoms with Gasteiger partial charge < -0.3 is 5.11 Å². The van der Waals surface area contributed by atoms with E-state index in [1.807, 2.05) is 0 Å². The molecule has 0 unspecified atom stereocenters. The summed E-state index contributed by atoms with van der Waals surface area (Å²) < 4.78 is 50.7. The van der Waals surface area contributed by atoms with Crippen molar-refractivity contribution in [1.82, 2.24) is 0 Å². The van der Waals surface area contributed by atoms with E-state index in [2.05, 4.69) is 0 Å². The van der Waals surface area contributed by atoms with Crippen molar-refractivity contribution in [2.45, 2.75) is 52.1 Å². The molecule has 0 atom stereocenters. The van der Waals surface area contributed by atoms with Crippen LogP contribution in [0.4, 0.5) is 17.6 Å². The quantitative estimate of drug-likeness (QED) is 0.426. The van der Waals surface area contributed by atoms with Gasteiger partial charge in [0.05, 0.1) is 11.8 Å². The summed E-state index contributed by atoms with van der Waals surface area (Å²) >= 11 is 0. The fourth-order valence-electron chi connectivity index (χ4n) is 2.36. The Kier molecular flexibility index (Phi) is 4.87. The SMILES string of the molecule is CCC(CC)(CC(F)(F)F)/C(O)=C/C(=O)C1(CF)CC1. The number of hydrogen-bond donors (Lipinski definition) is 1. The molecule has 0 aromatic carbocycles. The zero-order valence-corrected chi connectivity index (χ0v) is 11.7. The Morgan fingerprint density at radius 3 is 2.05 bits per heavy atom. The molecule has 6 heteroatoms. The smallest absolute Gasteiger partial charge is 0.390 e. The molecular weight excluding hydrogens is 276 g/mol. The van der Waals surface area contributed by atoms with Gasteiger partial charge in [-0.25, -0.2) is 4.39 Å². The van der Waals surface area contributed by atoms with E-state index in [1.54, 1.807) is 0 Å². The molecule has 116 valence electrons. The maximum atomic E-state index is 12.8. The summed E-state index contributed by atoms with van der Waals surface area (Å²) in [6.45, 7) is 2.23. The van der Waals surface area contributed by atoms with Crippen molar-refractivity contribution in [1.29, 1.82) is 0 Å². The number of alkyl halides is 4. The van der Waals surface area contributed by atoms with Crippen LogP contribution in [0, 0.1) is 10.8 Å². The fraction of sp³-hybridized carbons (Fsp3) is 0.786. The molecule has 0 spiro atoms. The van der Waals surface area contributed by atoms with Crippen molar-refractivity contribution in [3.8, 4) is 0 Å². The van der Waals surface area contributed by atoms with Crippen LogP contribution < -0.4 is 0 Å². The van der Waals surface area contributed by atoms with E-state index in [4.69, 9.17) is 0 Å². The Hall–Kier alpha value is -1.07. The largest absolute Gasteiger partial charge is 0.512 e. The van der Waals surface area contributed by atoms with Gasteiger partial charge in [-0.05, 0) is 25.7 Å². The second-order valence-electron chi connectivity index (χ2n) is 5.59. The van der Waals surface area contributed by atoms with Gasteiger partial charge in [-0.1, -0.05) is 13.8 Å². The molecule has 1 aliphatic carbocycles. The molecular formula is C14H20F4O2. The minimum atomic E-state index is -4.44. The number of carbonyl (C=O) groups is 1. The van der Waals surface area contributed by atoms with Gasteiger partial charge in [0.1, 0.15) is 12.4 Å². The summed E-state index contributed by atoms with van der Waals surface area (Å²) in [5.41, 5.74) is -2.60. The molecule has 0 heterocycles. The van der Waals surface area contributed by atoms with Crippen molar-refractivity contribution >= 4 is 5.78 Å². The Labute approximate surface area is 115 Å². The second kappa shape index (κ2) is 5.74. The van der Waals surface area contributed by atoms with Gasteiger partial charge in [0.25, 0.3) is 0 Å². The lowest BCUT2D eigenvalue weighted by molar-refractivity contribution is -0.158. The Morgan fingerprint density at radius 1 is 1.25 bits per heavy atom. The molecule has 0 bridgehead atoms. The number of carbonyl (C=O) groups excluding carboxylic acids is 1. The van der Waals surface area contributed by atoms with E-state index >= 15 is 0 Å². The third kappa shape index (κ3) is 3.52. The lowest BCUT2D eigenvalue weighted by Crippen LogP contribution is -2.30. The van der Waals surface area contributed by atoms with E-state index in [9.17, 15) is 27.5 Å². The Balaban J connectivity index is 2.99. The van der Waals surface area contributed by atoms with Crippen molar-refractivity contribution in [2.75, 3.05) is 6.67 Å². The summed E-state index contributed by atoms with van der Waals surface area (Å²) in [6, 6.07) is 0. The molecule has 20 heavy (non-hydrogen) atoms. The molecule has 0 aliphatic heterocycles. The number of hydrogen-bond acceptors (Lipinski definition) is 2. The number of rotatable bonds is 7. The topological polar surface area (TPSA) is 37.3 Å². The van der Waals surface area contributed by atoms with E-state index in [0.29, 0.717) is 12.8 Å². The highest BCUT2D eigenvalue weighted by Crippen LogP contribution is 2.49. The van der Waals surface area contributed by atoms with Gasteiger partial charge in [-0.2, -0.15) is 13.2 Å². The van der Waals surface area contributed by atoms with E-state index in [0.717, 1.165) is 6.08 Å². The van der Waals surface area contributed by atoms with Gasteiger partial charge >= 0.3 is 6.18 Å². The standard InChI is InChI=1S/C14H20F4O2/c1-3-12(4-2,8-14(16,17)18)10(19)7-11(20)13(9-15)5-6-13/h7,19H,3-6,8-9H2,1-2H3/b10-7-. The number of halogens is 4. The minimum Gasteiger partial charge on any atom is -0.512 e. The van der Waals surface area contributed by atoms with Gasteiger partial charge in [0, 0.05) is 11.5 Å². The minimum absolute atomic E-state index is 0.0568. The van der Waals surface area contributed by atoms with Crippen molar-refractivity contribution in [3.05, 3.63) is 11.8 Å². The summed E-state index contributed by atoms with van der Waals surface area (Å²) in [6.07, 6.45) is -3.93. The molecule has 1 fully saturated rings. The van der Waals surface area contributed by atoms with E-state index < -0.39 is 41.6 Å². The van der Waals surface area contributed by atoms with Gasteiger partial charge in [0.2, 0.25) is 0 Å². The number of aliphatic hydroxyl groups excluding tert-OH is 1. The van der Waals surface area contributed by atoms with Crippen LogP contribution in [-0.2, 0) is 4.79 Å². The molecule has 1 aliphatic rings. The zero-order chi connectivity index (χ0) is 15.6. The Bertz CT molecular complexity index is 390. The summed E-state index contributed by atoms with van der Waals surface area (Å²) in [5, 5.41) is 10.00. The Morgan fingerprint density at radius 2 is 1.75 bits per heavy atom. The molecule has 0 amide bonds. The third-order valence-electron chi connectivity index (χ3n) is 4.34. The molecule has 0 radical (unpaired) electrons. The first-order chi connectivity index (χ1) is 9.14. The second-order valence-corrected chi connectivity index (χ2v) is 5.59. The van der Waals surface area contributed by atoms with Gasteiger partial charge in [-0.15, -0.1) is 0 Å². The molecule has 1 saturated carbocycles. The maximum Gasteiger partial charge on any atom is 0.390 e. The van der Waals surface area contributed by atoms with Crippen LogP contribution >= 0.6 is 0 Å². The molecule has 1 rings (SSSR count). The van der Waals surface area contributed by atoms with Crippen LogP contribution in [-0.4, -0.2) is 23.7 Å². The highest BCUT2D eigenvalue weighted by molar-refractivity contribution is 5.97. The predicted octanol–water partition coefficient (Wildman–Crippen LogP) is 4.51. The van der Waals surface area contributed by atoms with Crippen molar-refractivity contribution in [2.24, 2.45) is 10.8 Å². The van der Waals surface area contributed by atoms with Crippen LogP contribution in [0.25, 0.3) is 0 Å². The van der Waals surface area contributed by atoms with E-state index in [-0.39, 0.29) is 12.8 Å².